The molecule has 0 aromatic heterocycles. The van der Waals surface area contributed by atoms with Crippen LogP contribution in [0.15, 0.2) is 47.4 Å². The maximum Gasteiger partial charge on any atom is 0.269 e. The van der Waals surface area contributed by atoms with Crippen molar-refractivity contribution in [2.24, 2.45) is 0 Å². The van der Waals surface area contributed by atoms with Gasteiger partial charge >= 0.3 is 0 Å². The maximum absolute atomic E-state index is 12.2. The minimum atomic E-state index is -0.453. The van der Waals surface area contributed by atoms with E-state index in [9.17, 15) is 14.9 Å². The Morgan fingerprint density at radius 1 is 1.26 bits per heavy atom. The first-order chi connectivity index (χ1) is 10.9. The van der Waals surface area contributed by atoms with Crippen LogP contribution >= 0.6 is 23.4 Å². The van der Waals surface area contributed by atoms with Crippen LogP contribution < -0.4 is 5.32 Å². The zero-order valence-electron chi connectivity index (χ0n) is 12.6. The number of aryl methyl sites for hydroxylation is 1. The van der Waals surface area contributed by atoms with Crippen LogP contribution in [0.1, 0.15) is 12.5 Å². The molecule has 0 unspecified atom stereocenters. The molecule has 1 N–H and O–H groups in total. The number of nitro benzene ring substituents is 1. The SMILES string of the molecule is Cc1ccc(NC(=O)[C@H](C)Sc2ccc([N+](=O)[O-])cc2)cc1Cl. The molecule has 120 valence electrons. The van der Waals surface area contributed by atoms with Crippen molar-refractivity contribution >= 4 is 40.6 Å². The van der Waals surface area contributed by atoms with Crippen molar-refractivity contribution < 1.29 is 9.72 Å². The van der Waals surface area contributed by atoms with Crippen LogP contribution in [0, 0.1) is 17.0 Å². The minimum Gasteiger partial charge on any atom is -0.325 e. The second-order valence-corrected chi connectivity index (χ2v) is 6.79. The van der Waals surface area contributed by atoms with Gasteiger partial charge in [0.15, 0.2) is 0 Å². The average Bonchev–Trinajstić information content (AvgIpc) is 2.51. The van der Waals surface area contributed by atoms with Gasteiger partial charge in [0.1, 0.15) is 0 Å². The van der Waals surface area contributed by atoms with Gasteiger partial charge in [-0.3, -0.25) is 14.9 Å². The quantitative estimate of drug-likeness (QED) is 0.483. The van der Waals surface area contributed by atoms with Crippen LogP contribution in [-0.2, 0) is 4.79 Å². The molecule has 5 nitrogen and oxygen atoms in total. The fourth-order valence-electron chi connectivity index (χ4n) is 1.82. The Morgan fingerprint density at radius 2 is 1.91 bits per heavy atom. The molecule has 0 bridgehead atoms. The van der Waals surface area contributed by atoms with E-state index in [0.717, 1.165) is 10.5 Å². The van der Waals surface area contributed by atoms with Gasteiger partial charge < -0.3 is 5.32 Å². The van der Waals surface area contributed by atoms with Gasteiger partial charge in [0.2, 0.25) is 5.91 Å². The summed E-state index contributed by atoms with van der Waals surface area (Å²) >= 11 is 7.37. The second kappa shape index (κ2) is 7.48. The summed E-state index contributed by atoms with van der Waals surface area (Å²) in [5.74, 6) is -0.159. The Morgan fingerprint density at radius 3 is 2.48 bits per heavy atom. The summed E-state index contributed by atoms with van der Waals surface area (Å²) in [5, 5.41) is 13.7. The van der Waals surface area contributed by atoms with Crippen molar-refractivity contribution in [2.75, 3.05) is 5.32 Å². The highest BCUT2D eigenvalue weighted by Crippen LogP contribution is 2.27. The number of hydrogen-bond acceptors (Lipinski definition) is 4. The van der Waals surface area contributed by atoms with Crippen molar-refractivity contribution in [2.45, 2.75) is 24.0 Å². The molecule has 1 amide bonds. The highest BCUT2D eigenvalue weighted by molar-refractivity contribution is 8.00. The van der Waals surface area contributed by atoms with Gasteiger partial charge in [0.25, 0.3) is 5.69 Å². The maximum atomic E-state index is 12.2. The molecule has 0 saturated heterocycles. The Balaban J connectivity index is 1.99. The standard InChI is InChI=1S/C16H15ClN2O3S/c1-10-3-4-12(9-15(10)17)18-16(20)11(2)23-14-7-5-13(6-8-14)19(21)22/h3-9,11H,1-2H3,(H,18,20)/t11-/m0/s1. The van der Waals surface area contributed by atoms with E-state index >= 15 is 0 Å². The summed E-state index contributed by atoms with van der Waals surface area (Å²) in [6.45, 7) is 3.66. The van der Waals surface area contributed by atoms with Gasteiger partial charge in [0, 0.05) is 27.7 Å². The number of nitrogens with one attached hydrogen (secondary N) is 1. The fraction of sp³-hybridized carbons (Fsp3) is 0.188. The molecular formula is C16H15ClN2O3S. The van der Waals surface area contributed by atoms with Gasteiger partial charge in [-0.15, -0.1) is 11.8 Å². The molecule has 0 heterocycles. The monoisotopic (exact) mass is 350 g/mol. The van der Waals surface area contributed by atoms with Crippen LogP contribution in [0.2, 0.25) is 5.02 Å². The third-order valence-corrected chi connectivity index (χ3v) is 4.69. The van der Waals surface area contributed by atoms with Gasteiger partial charge in [-0.1, -0.05) is 17.7 Å². The second-order valence-electron chi connectivity index (χ2n) is 4.96. The summed E-state index contributed by atoms with van der Waals surface area (Å²) in [5.41, 5.74) is 1.61. The number of non-ortho nitro benzene ring substituents is 1. The molecule has 23 heavy (non-hydrogen) atoms. The number of nitro groups is 1. The number of carbonyl (C=O) groups is 1. The van der Waals surface area contributed by atoms with Gasteiger partial charge in [-0.2, -0.15) is 0 Å². The third kappa shape index (κ3) is 4.71. The largest absolute Gasteiger partial charge is 0.325 e. The minimum absolute atomic E-state index is 0.0285. The molecule has 0 saturated carbocycles. The van der Waals surface area contributed by atoms with E-state index < -0.39 is 4.92 Å². The normalized spacial score (nSPS) is 11.8. The van der Waals surface area contributed by atoms with Crippen molar-refractivity contribution in [3.05, 3.63) is 63.2 Å². The Kier molecular flexibility index (Phi) is 5.63. The third-order valence-electron chi connectivity index (χ3n) is 3.17. The summed E-state index contributed by atoms with van der Waals surface area (Å²) in [4.78, 5) is 23.2. The van der Waals surface area contributed by atoms with E-state index in [1.807, 2.05) is 13.0 Å². The molecule has 2 rings (SSSR count). The molecule has 2 aromatic carbocycles. The first-order valence-corrected chi connectivity index (χ1v) is 8.10. The average molecular weight is 351 g/mol. The van der Waals surface area contributed by atoms with E-state index in [4.69, 9.17) is 11.6 Å². The number of nitrogens with zero attached hydrogens (tertiary/aromatic N) is 1. The van der Waals surface area contributed by atoms with Crippen LogP contribution in [-0.4, -0.2) is 16.1 Å². The number of rotatable bonds is 5. The topological polar surface area (TPSA) is 72.2 Å². The number of anilines is 1. The predicted molar refractivity (Wildman–Crippen MR) is 93.2 cm³/mol. The molecule has 0 radical (unpaired) electrons. The first kappa shape index (κ1) is 17.3. The lowest BCUT2D eigenvalue weighted by atomic mass is 10.2. The lowest BCUT2D eigenvalue weighted by molar-refractivity contribution is -0.384. The molecule has 0 aliphatic rings. The van der Waals surface area contributed by atoms with E-state index in [1.165, 1.54) is 23.9 Å². The summed E-state index contributed by atoms with van der Waals surface area (Å²) in [6.07, 6.45) is 0. The molecule has 2 aromatic rings. The Bertz CT molecular complexity index is 735. The van der Waals surface area contributed by atoms with Crippen molar-refractivity contribution in [1.82, 2.24) is 0 Å². The number of hydrogen-bond donors (Lipinski definition) is 1. The number of carbonyl (C=O) groups excluding carboxylic acids is 1. The number of halogens is 1. The molecule has 0 spiro atoms. The number of benzene rings is 2. The number of amides is 1. The van der Waals surface area contributed by atoms with Crippen LogP contribution in [0.4, 0.5) is 11.4 Å². The van der Waals surface area contributed by atoms with Gasteiger partial charge in [0.05, 0.1) is 10.2 Å². The fourth-order valence-corrected chi connectivity index (χ4v) is 2.87. The van der Waals surface area contributed by atoms with Crippen molar-refractivity contribution in [1.29, 1.82) is 0 Å². The molecule has 0 aliphatic heterocycles. The summed E-state index contributed by atoms with van der Waals surface area (Å²) in [7, 11) is 0. The number of thioether (sulfide) groups is 1. The van der Waals surface area contributed by atoms with Gasteiger partial charge in [-0.25, -0.2) is 0 Å². The molecule has 0 aliphatic carbocycles. The lowest BCUT2D eigenvalue weighted by Gasteiger charge is -2.12. The van der Waals surface area contributed by atoms with Gasteiger partial charge in [-0.05, 0) is 43.7 Å². The summed E-state index contributed by atoms with van der Waals surface area (Å²) in [6, 6.07) is 11.5. The van der Waals surface area contributed by atoms with E-state index in [0.29, 0.717) is 10.7 Å². The van der Waals surface area contributed by atoms with Crippen LogP contribution in [0.3, 0.4) is 0 Å². The zero-order valence-corrected chi connectivity index (χ0v) is 14.1. The predicted octanol–water partition coefficient (Wildman–Crippen LogP) is 4.68. The molecule has 1 atom stereocenters. The van der Waals surface area contributed by atoms with Crippen LogP contribution in [0.5, 0.6) is 0 Å². The smallest absolute Gasteiger partial charge is 0.269 e. The first-order valence-electron chi connectivity index (χ1n) is 6.85. The molecule has 0 fully saturated rings. The molecular weight excluding hydrogens is 336 g/mol. The van der Waals surface area contributed by atoms with Crippen molar-refractivity contribution in [3.63, 3.8) is 0 Å². The Hall–Kier alpha value is -2.05. The Labute approximate surface area is 143 Å². The molecule has 7 heteroatoms. The highest BCUT2D eigenvalue weighted by atomic mass is 35.5. The zero-order chi connectivity index (χ0) is 17.0. The lowest BCUT2D eigenvalue weighted by Crippen LogP contribution is -2.22. The van der Waals surface area contributed by atoms with Crippen molar-refractivity contribution in [3.8, 4) is 0 Å². The van der Waals surface area contributed by atoms with E-state index in [2.05, 4.69) is 5.32 Å². The van der Waals surface area contributed by atoms with E-state index in [1.54, 1.807) is 31.2 Å². The van der Waals surface area contributed by atoms with Crippen LogP contribution in [0.25, 0.3) is 0 Å². The van der Waals surface area contributed by atoms with E-state index in [-0.39, 0.29) is 16.8 Å². The highest BCUT2D eigenvalue weighted by Gasteiger charge is 2.15. The summed E-state index contributed by atoms with van der Waals surface area (Å²) < 4.78 is 0.